The van der Waals surface area contributed by atoms with Gasteiger partial charge in [0.2, 0.25) is 0 Å². The fourth-order valence-corrected chi connectivity index (χ4v) is 4.54. The number of hydrogen-bond acceptors (Lipinski definition) is 6. The molecule has 1 aliphatic heterocycles. The van der Waals surface area contributed by atoms with Gasteiger partial charge >= 0.3 is 0 Å². The maximum Gasteiger partial charge on any atom is 0.266 e. The summed E-state index contributed by atoms with van der Waals surface area (Å²) in [5.41, 5.74) is 1.54. The van der Waals surface area contributed by atoms with Crippen molar-refractivity contribution in [3.63, 3.8) is 0 Å². The van der Waals surface area contributed by atoms with Gasteiger partial charge in [0.1, 0.15) is 17.2 Å². The molecule has 0 saturated carbocycles. The summed E-state index contributed by atoms with van der Waals surface area (Å²) in [5.74, 6) is 2.27. The van der Waals surface area contributed by atoms with Gasteiger partial charge in [0.25, 0.3) is 5.91 Å². The second kappa shape index (κ2) is 10.2. The van der Waals surface area contributed by atoms with E-state index in [9.17, 15) is 4.79 Å². The summed E-state index contributed by atoms with van der Waals surface area (Å²) in [5, 5.41) is 0.654. The molecule has 0 unspecified atom stereocenters. The van der Waals surface area contributed by atoms with Crippen LogP contribution in [0.15, 0.2) is 50.8 Å². The van der Waals surface area contributed by atoms with Crippen molar-refractivity contribution in [3.05, 3.63) is 51.3 Å². The molecule has 3 rings (SSSR count). The quantitative estimate of drug-likeness (QED) is 0.450. The van der Waals surface area contributed by atoms with Crippen LogP contribution in [0, 0.1) is 5.92 Å². The number of carbonyl (C=O) groups is 1. The van der Waals surface area contributed by atoms with E-state index in [-0.39, 0.29) is 5.91 Å². The van der Waals surface area contributed by atoms with Gasteiger partial charge in [0, 0.05) is 18.2 Å². The van der Waals surface area contributed by atoms with Crippen molar-refractivity contribution in [1.82, 2.24) is 4.90 Å². The molecule has 1 heterocycles. The predicted octanol–water partition coefficient (Wildman–Crippen LogP) is 5.73. The number of ether oxygens (including phenoxy) is 3. The first kappa shape index (κ1) is 23.2. The molecule has 0 atom stereocenters. The van der Waals surface area contributed by atoms with Crippen LogP contribution in [0.4, 0.5) is 5.69 Å². The lowest BCUT2D eigenvalue weighted by Crippen LogP contribution is -2.32. The van der Waals surface area contributed by atoms with Crippen LogP contribution in [0.25, 0.3) is 6.08 Å². The van der Waals surface area contributed by atoms with Gasteiger partial charge in [0.15, 0.2) is 5.17 Å². The maximum absolute atomic E-state index is 13.2. The molecule has 0 aromatic heterocycles. The molecule has 2 aromatic carbocycles. The van der Waals surface area contributed by atoms with Gasteiger partial charge in [-0.15, -0.1) is 0 Å². The number of methoxy groups -OCH3 is 3. The molecule has 0 aliphatic carbocycles. The minimum absolute atomic E-state index is 0.0695. The third-order valence-corrected chi connectivity index (χ3v) is 6.15. The number of hydrogen-bond donors (Lipinski definition) is 0. The van der Waals surface area contributed by atoms with Crippen LogP contribution in [0.1, 0.15) is 19.4 Å². The SMILES string of the molecule is COc1ccc(N=C2S/C(=C/c3cc(Br)c(OC)cc3OC)C(=O)N2CC(C)C)cc1. The molecule has 1 amide bonds. The highest BCUT2D eigenvalue weighted by atomic mass is 79.9. The number of benzene rings is 2. The molecule has 164 valence electrons. The molecular formula is C23H25BrN2O4S. The average molecular weight is 505 g/mol. The Morgan fingerprint density at radius 3 is 2.32 bits per heavy atom. The van der Waals surface area contributed by atoms with Crippen LogP contribution in [-0.4, -0.2) is 43.8 Å². The second-order valence-corrected chi connectivity index (χ2v) is 9.10. The lowest BCUT2D eigenvalue weighted by atomic mass is 10.1. The number of thioether (sulfide) groups is 1. The molecule has 1 saturated heterocycles. The zero-order valence-corrected chi connectivity index (χ0v) is 20.5. The molecule has 1 fully saturated rings. The second-order valence-electron chi connectivity index (χ2n) is 7.24. The highest BCUT2D eigenvalue weighted by Gasteiger charge is 2.34. The van der Waals surface area contributed by atoms with E-state index >= 15 is 0 Å². The zero-order chi connectivity index (χ0) is 22.5. The van der Waals surface area contributed by atoms with Gasteiger partial charge in [-0.1, -0.05) is 13.8 Å². The van der Waals surface area contributed by atoms with Gasteiger partial charge in [-0.25, -0.2) is 4.99 Å². The first-order valence-corrected chi connectivity index (χ1v) is 11.3. The molecule has 2 aromatic rings. The van der Waals surface area contributed by atoms with Crippen LogP contribution in [-0.2, 0) is 4.79 Å². The molecule has 0 bridgehead atoms. The lowest BCUT2D eigenvalue weighted by molar-refractivity contribution is -0.122. The van der Waals surface area contributed by atoms with E-state index < -0.39 is 0 Å². The Morgan fingerprint density at radius 1 is 1.06 bits per heavy atom. The standard InChI is InChI=1S/C23H25BrN2O4S/c1-14(2)13-26-22(27)21(11-15-10-18(24)20(30-5)12-19(15)29-4)31-23(26)25-16-6-8-17(28-3)9-7-16/h6-12,14H,13H2,1-5H3/b21-11+,25-23?. The summed E-state index contributed by atoms with van der Waals surface area (Å²) in [7, 11) is 4.81. The minimum atomic E-state index is -0.0695. The van der Waals surface area contributed by atoms with E-state index in [0.29, 0.717) is 34.0 Å². The first-order chi connectivity index (χ1) is 14.9. The molecule has 8 heteroatoms. The van der Waals surface area contributed by atoms with E-state index in [1.54, 1.807) is 32.3 Å². The monoisotopic (exact) mass is 504 g/mol. The van der Waals surface area contributed by atoms with Crippen LogP contribution < -0.4 is 14.2 Å². The molecule has 0 N–H and O–H groups in total. The van der Waals surface area contributed by atoms with Gasteiger partial charge in [-0.3, -0.25) is 9.69 Å². The predicted molar refractivity (Wildman–Crippen MR) is 129 cm³/mol. The third kappa shape index (κ3) is 5.43. The number of amides is 1. The molecule has 1 aliphatic rings. The number of rotatable bonds is 7. The average Bonchev–Trinajstić information content (AvgIpc) is 3.03. The molecular weight excluding hydrogens is 480 g/mol. The van der Waals surface area contributed by atoms with Crippen molar-refractivity contribution < 1.29 is 19.0 Å². The minimum Gasteiger partial charge on any atom is -0.497 e. The molecule has 0 spiro atoms. The Hall–Kier alpha value is -2.45. The van der Waals surface area contributed by atoms with E-state index in [1.807, 2.05) is 36.4 Å². The van der Waals surface area contributed by atoms with E-state index in [1.165, 1.54) is 11.8 Å². The highest BCUT2D eigenvalue weighted by Crippen LogP contribution is 2.39. The largest absolute Gasteiger partial charge is 0.497 e. The topological polar surface area (TPSA) is 60.4 Å². The summed E-state index contributed by atoms with van der Waals surface area (Å²) in [4.78, 5) is 20.3. The fraction of sp³-hybridized carbons (Fsp3) is 0.304. The van der Waals surface area contributed by atoms with Crippen LogP contribution in [0.3, 0.4) is 0 Å². The Morgan fingerprint density at radius 2 is 1.74 bits per heavy atom. The highest BCUT2D eigenvalue weighted by molar-refractivity contribution is 9.10. The van der Waals surface area contributed by atoms with Crippen molar-refractivity contribution >= 4 is 50.5 Å². The van der Waals surface area contributed by atoms with Crippen molar-refractivity contribution in [2.24, 2.45) is 10.9 Å². The van der Waals surface area contributed by atoms with E-state index in [0.717, 1.165) is 21.5 Å². The summed E-state index contributed by atoms with van der Waals surface area (Å²) in [6, 6.07) is 11.1. The summed E-state index contributed by atoms with van der Waals surface area (Å²) in [6.07, 6.45) is 1.83. The summed E-state index contributed by atoms with van der Waals surface area (Å²) >= 11 is 4.86. The van der Waals surface area contributed by atoms with Gasteiger partial charge in [0.05, 0.1) is 36.4 Å². The third-order valence-electron chi connectivity index (χ3n) is 4.52. The first-order valence-electron chi connectivity index (χ1n) is 9.72. The maximum atomic E-state index is 13.2. The summed E-state index contributed by atoms with van der Waals surface area (Å²) < 4.78 is 16.8. The normalized spacial score (nSPS) is 16.5. The number of aliphatic imine (C=N–C) groups is 1. The Balaban J connectivity index is 2.00. The van der Waals surface area contributed by atoms with E-state index in [4.69, 9.17) is 19.2 Å². The molecule has 6 nitrogen and oxygen atoms in total. The van der Waals surface area contributed by atoms with Crippen molar-refractivity contribution in [1.29, 1.82) is 0 Å². The van der Waals surface area contributed by atoms with Gasteiger partial charge in [-0.05, 0) is 70.0 Å². The van der Waals surface area contributed by atoms with Gasteiger partial charge < -0.3 is 14.2 Å². The smallest absolute Gasteiger partial charge is 0.266 e. The number of halogens is 1. The van der Waals surface area contributed by atoms with Gasteiger partial charge in [-0.2, -0.15) is 0 Å². The lowest BCUT2D eigenvalue weighted by Gasteiger charge is -2.17. The van der Waals surface area contributed by atoms with Crippen LogP contribution in [0.2, 0.25) is 0 Å². The van der Waals surface area contributed by atoms with Crippen LogP contribution >= 0.6 is 27.7 Å². The molecule has 31 heavy (non-hydrogen) atoms. The number of amidine groups is 1. The van der Waals surface area contributed by atoms with Crippen LogP contribution in [0.5, 0.6) is 17.2 Å². The Bertz CT molecular complexity index is 1020. The number of carbonyl (C=O) groups excluding carboxylic acids is 1. The Kier molecular flexibility index (Phi) is 7.67. The van der Waals surface area contributed by atoms with E-state index in [2.05, 4.69) is 29.8 Å². The Labute approximate surface area is 195 Å². The number of nitrogens with zero attached hydrogens (tertiary/aromatic N) is 2. The fourth-order valence-electron chi connectivity index (χ4n) is 3.02. The van der Waals surface area contributed by atoms with Crippen molar-refractivity contribution in [3.8, 4) is 17.2 Å². The summed E-state index contributed by atoms with van der Waals surface area (Å²) in [6.45, 7) is 4.74. The van der Waals surface area contributed by atoms with Crippen molar-refractivity contribution in [2.45, 2.75) is 13.8 Å². The molecule has 0 radical (unpaired) electrons. The zero-order valence-electron chi connectivity index (χ0n) is 18.1. The van der Waals surface area contributed by atoms with Crippen molar-refractivity contribution in [2.75, 3.05) is 27.9 Å².